The molecule has 2 aromatic rings. The molecule has 192 valence electrons. The number of carbonyl (C=O) groups is 5. The average Bonchev–Trinajstić information content (AvgIpc) is 3.12. The number of hydrogen-bond acceptors (Lipinski definition) is 6. The van der Waals surface area contributed by atoms with Crippen LogP contribution in [0.2, 0.25) is 5.02 Å². The van der Waals surface area contributed by atoms with Gasteiger partial charge in [0, 0.05) is 28.9 Å². The predicted octanol–water partition coefficient (Wildman–Crippen LogP) is 3.39. The molecule has 10 nitrogen and oxygen atoms in total. The monoisotopic (exact) mass is 523 g/mol. The third kappa shape index (κ3) is 5.80. The Balaban J connectivity index is 1.42. The summed E-state index contributed by atoms with van der Waals surface area (Å²) in [7, 11) is 0. The Morgan fingerprint density at radius 2 is 1.92 bits per heavy atom. The molecule has 0 spiro atoms. The molecule has 2 atom stereocenters. The van der Waals surface area contributed by atoms with Gasteiger partial charge in [-0.1, -0.05) is 36.7 Å². The van der Waals surface area contributed by atoms with Crippen molar-refractivity contribution in [1.82, 2.24) is 15.5 Å². The van der Waals surface area contributed by atoms with E-state index < -0.39 is 35.7 Å². The Hall–Kier alpha value is -4.18. The first kappa shape index (κ1) is 25.9. The van der Waals surface area contributed by atoms with Crippen molar-refractivity contribution in [3.63, 3.8) is 0 Å². The molecule has 0 bridgehead atoms. The number of aryl methyl sites for hydroxylation is 1. The molecule has 2 aliphatic rings. The molecular formula is C26H26ClN5O5. The Morgan fingerprint density at radius 1 is 1.14 bits per heavy atom. The lowest BCUT2D eigenvalue weighted by atomic mass is 10.0. The third-order valence-corrected chi connectivity index (χ3v) is 6.59. The first-order valence-electron chi connectivity index (χ1n) is 11.8. The standard InChI is InChI=1S/C26H26ClN5O5/c1-3-19(30-26(37)29-17-8-7-14(2)18(27)12-17)15-5-4-6-16(11-15)28-20-13-23(34)32(25(20)36)21-9-10-22(33)31-24(21)35/h4-8,11-13,19,21,28H,3,9-10H2,1-2H3,(H2,29,30,37)(H,31,33,35). The highest BCUT2D eigenvalue weighted by Gasteiger charge is 2.42. The molecule has 2 aliphatic heterocycles. The number of imide groups is 2. The van der Waals surface area contributed by atoms with E-state index in [1.165, 1.54) is 0 Å². The van der Waals surface area contributed by atoms with Gasteiger partial charge < -0.3 is 16.0 Å². The molecular weight excluding hydrogens is 498 g/mol. The highest BCUT2D eigenvalue weighted by atomic mass is 35.5. The van der Waals surface area contributed by atoms with Crippen LogP contribution in [0.1, 0.15) is 43.4 Å². The molecule has 11 heteroatoms. The van der Waals surface area contributed by atoms with Crippen molar-refractivity contribution in [2.24, 2.45) is 0 Å². The zero-order chi connectivity index (χ0) is 26.7. The van der Waals surface area contributed by atoms with Gasteiger partial charge in [0.25, 0.3) is 11.8 Å². The Bertz CT molecular complexity index is 1320. The normalized spacial score (nSPS) is 18.3. The third-order valence-electron chi connectivity index (χ3n) is 6.19. The number of nitrogens with one attached hydrogen (secondary N) is 4. The molecule has 6 amide bonds. The van der Waals surface area contributed by atoms with Crippen LogP contribution in [0, 0.1) is 6.92 Å². The topological polar surface area (TPSA) is 137 Å². The van der Waals surface area contributed by atoms with Crippen LogP contribution in [-0.2, 0) is 19.2 Å². The van der Waals surface area contributed by atoms with Crippen LogP contribution in [0.5, 0.6) is 0 Å². The van der Waals surface area contributed by atoms with Gasteiger partial charge in [0.15, 0.2) is 0 Å². The van der Waals surface area contributed by atoms with Crippen molar-refractivity contribution in [1.29, 1.82) is 0 Å². The van der Waals surface area contributed by atoms with E-state index in [4.69, 9.17) is 11.6 Å². The fraction of sp³-hybridized carbons (Fsp3) is 0.269. The van der Waals surface area contributed by atoms with Crippen LogP contribution in [0.15, 0.2) is 54.2 Å². The second-order valence-corrected chi connectivity index (χ2v) is 9.22. The minimum atomic E-state index is -1.03. The van der Waals surface area contributed by atoms with Gasteiger partial charge in [-0.3, -0.25) is 29.4 Å². The summed E-state index contributed by atoms with van der Waals surface area (Å²) >= 11 is 6.13. The van der Waals surface area contributed by atoms with Crippen LogP contribution < -0.4 is 21.3 Å². The molecule has 4 rings (SSSR count). The molecule has 4 N–H and O–H groups in total. The van der Waals surface area contributed by atoms with Gasteiger partial charge in [-0.05, 0) is 55.2 Å². The minimum absolute atomic E-state index is 0.0156. The van der Waals surface area contributed by atoms with Gasteiger partial charge in [0.1, 0.15) is 11.7 Å². The highest BCUT2D eigenvalue weighted by Crippen LogP contribution is 2.26. The zero-order valence-corrected chi connectivity index (χ0v) is 21.0. The summed E-state index contributed by atoms with van der Waals surface area (Å²) in [5.41, 5.74) is 2.79. The second-order valence-electron chi connectivity index (χ2n) is 8.81. The highest BCUT2D eigenvalue weighted by molar-refractivity contribution is 6.31. The van der Waals surface area contributed by atoms with Gasteiger partial charge in [0.2, 0.25) is 11.8 Å². The van der Waals surface area contributed by atoms with E-state index >= 15 is 0 Å². The summed E-state index contributed by atoms with van der Waals surface area (Å²) in [5, 5.41) is 11.3. The van der Waals surface area contributed by atoms with Crippen molar-refractivity contribution >= 4 is 52.6 Å². The maximum Gasteiger partial charge on any atom is 0.319 e. The number of nitrogens with zero attached hydrogens (tertiary/aromatic N) is 1. The number of amides is 6. The fourth-order valence-electron chi connectivity index (χ4n) is 4.20. The number of carbonyl (C=O) groups excluding carboxylic acids is 5. The summed E-state index contributed by atoms with van der Waals surface area (Å²) in [5.74, 6) is -2.37. The van der Waals surface area contributed by atoms with Crippen molar-refractivity contribution in [3.05, 3.63) is 70.4 Å². The van der Waals surface area contributed by atoms with Crippen LogP contribution in [-0.4, -0.2) is 40.6 Å². The number of rotatable bonds is 7. The van der Waals surface area contributed by atoms with Crippen molar-refractivity contribution in [2.75, 3.05) is 10.6 Å². The molecule has 0 aliphatic carbocycles. The van der Waals surface area contributed by atoms with E-state index in [1.807, 2.05) is 26.0 Å². The van der Waals surface area contributed by atoms with E-state index in [0.717, 1.165) is 22.1 Å². The summed E-state index contributed by atoms with van der Waals surface area (Å²) < 4.78 is 0. The second kappa shape index (κ2) is 10.8. The lowest BCUT2D eigenvalue weighted by Gasteiger charge is -2.28. The van der Waals surface area contributed by atoms with Crippen LogP contribution in [0.4, 0.5) is 16.2 Å². The number of benzene rings is 2. The SMILES string of the molecule is CCC(NC(=O)Nc1ccc(C)c(Cl)c1)c1cccc(NC2=CC(=O)N(C3CCC(=O)NC3=O)C2=O)c1. The van der Waals surface area contributed by atoms with E-state index in [-0.39, 0.29) is 24.6 Å². The first-order valence-corrected chi connectivity index (χ1v) is 12.2. The first-order chi connectivity index (χ1) is 17.7. The number of anilines is 2. The lowest BCUT2D eigenvalue weighted by Crippen LogP contribution is -2.54. The maximum absolute atomic E-state index is 12.9. The van der Waals surface area contributed by atoms with Gasteiger partial charge in [-0.2, -0.15) is 0 Å². The Morgan fingerprint density at radius 3 is 2.62 bits per heavy atom. The van der Waals surface area contributed by atoms with E-state index in [0.29, 0.717) is 22.8 Å². The maximum atomic E-state index is 12.9. The van der Waals surface area contributed by atoms with Gasteiger partial charge >= 0.3 is 6.03 Å². The molecule has 1 saturated heterocycles. The Kier molecular flexibility index (Phi) is 7.58. The molecule has 0 aromatic heterocycles. The van der Waals surface area contributed by atoms with Gasteiger partial charge in [-0.15, -0.1) is 0 Å². The van der Waals surface area contributed by atoms with Crippen molar-refractivity contribution in [3.8, 4) is 0 Å². The molecule has 0 radical (unpaired) electrons. The summed E-state index contributed by atoms with van der Waals surface area (Å²) in [6.07, 6.45) is 1.86. The van der Waals surface area contributed by atoms with Crippen LogP contribution in [0.25, 0.3) is 0 Å². The van der Waals surface area contributed by atoms with Gasteiger partial charge in [-0.25, -0.2) is 4.79 Å². The summed E-state index contributed by atoms with van der Waals surface area (Å²) in [4.78, 5) is 62.5. The molecule has 2 unspecified atom stereocenters. The van der Waals surface area contributed by atoms with E-state index in [2.05, 4.69) is 21.3 Å². The number of piperidine rings is 1. The smallest absolute Gasteiger partial charge is 0.319 e. The minimum Gasteiger partial charge on any atom is -0.351 e. The Labute approximate surface area is 218 Å². The number of hydrogen-bond donors (Lipinski definition) is 4. The van der Waals surface area contributed by atoms with Gasteiger partial charge in [0.05, 0.1) is 6.04 Å². The molecule has 0 saturated carbocycles. The largest absolute Gasteiger partial charge is 0.351 e. The number of urea groups is 1. The lowest BCUT2D eigenvalue weighted by molar-refractivity contribution is -0.149. The zero-order valence-electron chi connectivity index (χ0n) is 20.3. The quantitative estimate of drug-likeness (QED) is 0.411. The van der Waals surface area contributed by atoms with Crippen molar-refractivity contribution in [2.45, 2.75) is 45.2 Å². The molecule has 37 heavy (non-hydrogen) atoms. The fourth-order valence-corrected chi connectivity index (χ4v) is 4.38. The van der Waals surface area contributed by atoms with Crippen LogP contribution in [0.3, 0.4) is 0 Å². The molecule has 2 heterocycles. The van der Waals surface area contributed by atoms with E-state index in [9.17, 15) is 24.0 Å². The molecule has 2 aromatic carbocycles. The average molecular weight is 524 g/mol. The van der Waals surface area contributed by atoms with Crippen molar-refractivity contribution < 1.29 is 24.0 Å². The van der Waals surface area contributed by atoms with E-state index in [1.54, 1.807) is 30.3 Å². The summed E-state index contributed by atoms with van der Waals surface area (Å²) in [6, 6.07) is 10.6. The number of halogens is 1. The summed E-state index contributed by atoms with van der Waals surface area (Å²) in [6.45, 7) is 3.80. The van der Waals surface area contributed by atoms with Crippen LogP contribution >= 0.6 is 11.6 Å². The molecule has 1 fully saturated rings. The predicted molar refractivity (Wildman–Crippen MR) is 138 cm³/mol.